The van der Waals surface area contributed by atoms with Crippen LogP contribution < -0.4 is 4.74 Å². The first kappa shape index (κ1) is 33.4. The Balaban J connectivity index is 1.30. The number of hydrogen-bond donors (Lipinski definition) is 0. The van der Waals surface area contributed by atoms with E-state index in [-0.39, 0.29) is 12.0 Å². The third-order valence-corrected chi connectivity index (χ3v) is 9.10. The van der Waals surface area contributed by atoms with Crippen molar-refractivity contribution in [2.45, 2.75) is 71.4 Å². The molecule has 46 heavy (non-hydrogen) atoms. The van der Waals surface area contributed by atoms with Crippen LogP contribution in [0.1, 0.15) is 71.3 Å². The summed E-state index contributed by atoms with van der Waals surface area (Å²) >= 11 is 0. The molecule has 0 radical (unpaired) electrons. The number of fused-ring (bicyclic) bond motifs is 2. The van der Waals surface area contributed by atoms with Crippen LogP contribution in [0.3, 0.4) is 0 Å². The van der Waals surface area contributed by atoms with Gasteiger partial charge in [-0.1, -0.05) is 85.8 Å². The molecule has 5 rings (SSSR count). The molecule has 0 amide bonds. The zero-order chi connectivity index (χ0) is 32.3. The maximum Gasteiger partial charge on any atom is 0.335 e. The van der Waals surface area contributed by atoms with Gasteiger partial charge in [0.25, 0.3) is 0 Å². The van der Waals surface area contributed by atoms with Gasteiger partial charge in [-0.3, -0.25) is 4.90 Å². The second kappa shape index (κ2) is 16.6. The molecule has 0 heterocycles. The lowest BCUT2D eigenvalue weighted by molar-refractivity contribution is -0.156. The molecule has 2 unspecified atom stereocenters. The van der Waals surface area contributed by atoms with Crippen molar-refractivity contribution in [2.24, 2.45) is 0 Å². The molecular weight excluding hydrogens is 570 g/mol. The molecular formula is C41H49NO4. The van der Waals surface area contributed by atoms with Gasteiger partial charge in [-0.2, -0.15) is 0 Å². The minimum atomic E-state index is -0.595. The average molecular weight is 620 g/mol. The summed E-state index contributed by atoms with van der Waals surface area (Å²) in [6.07, 6.45) is 5.12. The number of carbonyl (C=O) groups excluding carboxylic acids is 1. The predicted molar refractivity (Wildman–Crippen MR) is 186 cm³/mol. The van der Waals surface area contributed by atoms with E-state index in [9.17, 15) is 4.79 Å². The summed E-state index contributed by atoms with van der Waals surface area (Å²) in [6, 6.07) is 33.0. The Bertz CT molecular complexity index is 1550. The van der Waals surface area contributed by atoms with Gasteiger partial charge in [-0.05, 0) is 110 Å². The molecule has 0 spiro atoms. The van der Waals surface area contributed by atoms with Crippen LogP contribution >= 0.6 is 0 Å². The van der Waals surface area contributed by atoms with Crippen LogP contribution in [-0.4, -0.2) is 50.4 Å². The van der Waals surface area contributed by atoms with Crippen molar-refractivity contribution >= 4 is 5.97 Å². The fourth-order valence-corrected chi connectivity index (χ4v) is 6.64. The van der Waals surface area contributed by atoms with Crippen LogP contribution in [0.15, 0.2) is 91.0 Å². The Hall–Kier alpha value is -3.93. The monoisotopic (exact) mass is 619 g/mol. The highest BCUT2D eigenvalue weighted by Gasteiger charge is 2.28. The molecule has 0 saturated carbocycles. The number of aryl methyl sites for hydroxylation is 4. The van der Waals surface area contributed by atoms with E-state index >= 15 is 0 Å². The van der Waals surface area contributed by atoms with Crippen LogP contribution in [0.4, 0.5) is 0 Å². The molecule has 242 valence electrons. The molecule has 0 aromatic heterocycles. The summed E-state index contributed by atoms with van der Waals surface area (Å²) in [6.45, 7) is 8.10. The number of carbonyl (C=O) groups is 1. The van der Waals surface area contributed by atoms with Gasteiger partial charge in [0.1, 0.15) is 12.4 Å². The summed E-state index contributed by atoms with van der Waals surface area (Å²) < 4.78 is 17.1. The maximum absolute atomic E-state index is 12.3. The minimum Gasteiger partial charge on any atom is -0.492 e. The molecule has 1 aliphatic carbocycles. The van der Waals surface area contributed by atoms with Crippen molar-refractivity contribution in [3.8, 4) is 5.75 Å². The Morgan fingerprint density at radius 2 is 1.59 bits per heavy atom. The van der Waals surface area contributed by atoms with Crippen LogP contribution in [-0.2, 0) is 52.8 Å². The molecule has 5 nitrogen and oxygen atoms in total. The molecule has 4 aromatic carbocycles. The Labute approximate surface area is 275 Å². The van der Waals surface area contributed by atoms with Gasteiger partial charge in [0.2, 0.25) is 0 Å². The number of benzene rings is 4. The highest BCUT2D eigenvalue weighted by atomic mass is 16.6. The lowest BCUT2D eigenvalue weighted by atomic mass is 9.89. The Kier molecular flexibility index (Phi) is 12.0. The highest BCUT2D eigenvalue weighted by Crippen LogP contribution is 2.38. The van der Waals surface area contributed by atoms with Crippen molar-refractivity contribution in [3.05, 3.63) is 136 Å². The molecule has 0 aliphatic heterocycles. The standard InChI is InChI=1S/C41H49NO4/c1-5-30-16-20-34-22-25-36-33(21-17-31-12-9-8-10-13-31)14-11-15-37(36)40(38(34)28-30)42(4)26-27-46-35-23-18-32(19-24-35)29-39(44-6-2)41(43)45-7-3/h8-16,18-20,23-24,28,39-40H,5-7,17,21-22,25-27,29H2,1-4H3. The molecule has 2 atom stereocenters. The first-order valence-electron chi connectivity index (χ1n) is 17.0. The van der Waals surface area contributed by atoms with Gasteiger partial charge in [0.15, 0.2) is 6.10 Å². The lowest BCUT2D eigenvalue weighted by Gasteiger charge is -2.31. The second-order valence-corrected chi connectivity index (χ2v) is 12.1. The van der Waals surface area contributed by atoms with E-state index in [1.807, 2.05) is 38.1 Å². The van der Waals surface area contributed by atoms with Crippen LogP contribution in [0.5, 0.6) is 5.75 Å². The zero-order valence-corrected chi connectivity index (χ0v) is 28.0. The maximum atomic E-state index is 12.3. The highest BCUT2D eigenvalue weighted by molar-refractivity contribution is 5.75. The molecule has 0 bridgehead atoms. The normalized spacial score (nSPS) is 14.7. The van der Waals surface area contributed by atoms with Gasteiger partial charge < -0.3 is 14.2 Å². The number of rotatable bonds is 15. The quantitative estimate of drug-likeness (QED) is 0.127. The Morgan fingerprint density at radius 1 is 0.804 bits per heavy atom. The number of likely N-dealkylation sites (N-methyl/N-ethyl adjacent to an activating group) is 1. The minimum absolute atomic E-state index is 0.167. The zero-order valence-electron chi connectivity index (χ0n) is 28.0. The van der Waals surface area contributed by atoms with Gasteiger partial charge in [-0.25, -0.2) is 4.79 Å². The fraction of sp³-hybridized carbons (Fsp3) is 0.390. The van der Waals surface area contributed by atoms with Crippen molar-refractivity contribution in [3.63, 3.8) is 0 Å². The molecule has 5 heteroatoms. The molecule has 4 aromatic rings. The molecule has 0 N–H and O–H groups in total. The molecule has 0 fully saturated rings. The summed E-state index contributed by atoms with van der Waals surface area (Å²) in [5, 5.41) is 0. The smallest absolute Gasteiger partial charge is 0.335 e. The third kappa shape index (κ3) is 8.45. The number of hydrogen-bond acceptors (Lipinski definition) is 5. The van der Waals surface area contributed by atoms with E-state index in [1.165, 1.54) is 38.9 Å². The van der Waals surface area contributed by atoms with Gasteiger partial charge in [0.05, 0.1) is 12.6 Å². The first-order valence-corrected chi connectivity index (χ1v) is 17.0. The van der Waals surface area contributed by atoms with Crippen molar-refractivity contribution in [1.29, 1.82) is 0 Å². The van der Waals surface area contributed by atoms with E-state index in [2.05, 4.69) is 85.6 Å². The van der Waals surface area contributed by atoms with E-state index in [0.717, 1.165) is 50.0 Å². The van der Waals surface area contributed by atoms with Crippen molar-refractivity contribution < 1.29 is 19.0 Å². The lowest BCUT2D eigenvalue weighted by Crippen LogP contribution is -2.30. The molecule has 1 aliphatic rings. The van der Waals surface area contributed by atoms with Gasteiger partial charge in [0, 0.05) is 19.6 Å². The van der Waals surface area contributed by atoms with Crippen molar-refractivity contribution in [1.82, 2.24) is 4.90 Å². The number of ether oxygens (including phenoxy) is 3. The molecule has 0 saturated heterocycles. The van der Waals surface area contributed by atoms with Gasteiger partial charge >= 0.3 is 5.97 Å². The SMILES string of the molecule is CCOC(=O)C(Cc1ccc(OCCN(C)C2c3cc(CC)ccc3CCc3c(CCc4ccccc4)cccc32)cc1)OCC. The number of nitrogens with zero attached hydrogens (tertiary/aromatic N) is 1. The van der Waals surface area contributed by atoms with E-state index in [1.54, 1.807) is 0 Å². The first-order chi connectivity index (χ1) is 22.5. The topological polar surface area (TPSA) is 48.0 Å². The summed E-state index contributed by atoms with van der Waals surface area (Å²) in [5.41, 5.74) is 11.1. The average Bonchev–Trinajstić information content (AvgIpc) is 3.25. The predicted octanol–water partition coefficient (Wildman–Crippen LogP) is 7.74. The summed E-state index contributed by atoms with van der Waals surface area (Å²) in [5.74, 6) is 0.503. The van der Waals surface area contributed by atoms with Crippen molar-refractivity contribution in [2.75, 3.05) is 33.4 Å². The second-order valence-electron chi connectivity index (χ2n) is 12.1. The fourth-order valence-electron chi connectivity index (χ4n) is 6.64. The van der Waals surface area contributed by atoms with E-state index in [0.29, 0.717) is 26.2 Å². The van der Waals surface area contributed by atoms with Crippen LogP contribution in [0.2, 0.25) is 0 Å². The van der Waals surface area contributed by atoms with Crippen LogP contribution in [0.25, 0.3) is 0 Å². The van der Waals surface area contributed by atoms with E-state index < -0.39 is 6.10 Å². The largest absolute Gasteiger partial charge is 0.492 e. The summed E-state index contributed by atoms with van der Waals surface area (Å²) in [7, 11) is 2.23. The third-order valence-electron chi connectivity index (χ3n) is 9.10. The van der Waals surface area contributed by atoms with E-state index in [4.69, 9.17) is 14.2 Å². The Morgan fingerprint density at radius 3 is 2.33 bits per heavy atom. The van der Waals surface area contributed by atoms with Gasteiger partial charge in [-0.15, -0.1) is 0 Å². The summed E-state index contributed by atoms with van der Waals surface area (Å²) in [4.78, 5) is 14.7. The number of esters is 1. The van der Waals surface area contributed by atoms with Crippen LogP contribution in [0, 0.1) is 0 Å².